The molecular weight excluding hydrogens is 360 g/mol. The van der Waals surface area contributed by atoms with Crippen LogP contribution in [0.1, 0.15) is 47.2 Å². The summed E-state index contributed by atoms with van der Waals surface area (Å²) in [6.45, 7) is 8.74. The molecule has 1 heterocycles. The van der Waals surface area contributed by atoms with Gasteiger partial charge in [-0.25, -0.2) is 0 Å². The normalized spacial score (nSPS) is 11.4. The number of aryl methyl sites for hydroxylation is 2. The van der Waals surface area contributed by atoms with E-state index in [1.165, 1.54) is 38.1 Å². The van der Waals surface area contributed by atoms with Crippen molar-refractivity contribution in [3.05, 3.63) is 92.1 Å². The molecule has 0 N–H and O–H groups in total. The maximum Gasteiger partial charge on any atom is 0.196 e. The van der Waals surface area contributed by atoms with Crippen LogP contribution < -0.4 is 5.43 Å². The minimum Gasteiger partial charge on any atom is -0.288 e. The molecule has 28 heavy (non-hydrogen) atoms. The molecule has 0 saturated heterocycles. The van der Waals surface area contributed by atoms with E-state index in [0.717, 1.165) is 34.7 Å². The summed E-state index contributed by atoms with van der Waals surface area (Å²) >= 11 is 1.81. The van der Waals surface area contributed by atoms with Crippen LogP contribution in [-0.2, 0) is 19.3 Å². The van der Waals surface area contributed by atoms with Crippen LogP contribution in [0.5, 0.6) is 0 Å². The van der Waals surface area contributed by atoms with Crippen molar-refractivity contribution in [1.82, 2.24) is 0 Å². The molecule has 0 atom stereocenters. The molecule has 4 rings (SSSR count). The first-order chi connectivity index (χ1) is 13.6. The van der Waals surface area contributed by atoms with E-state index in [2.05, 4.69) is 58.0 Å². The standard InChI is InChI=1S/C26H26OS/c1-5-20-16(3)21(6-2)26-23(17(20)4)24(27)22-14-10-13-19(25(22)28-26)15-18-11-8-7-9-12-18/h7-14H,5-6,15H2,1-4H3. The first-order valence-corrected chi connectivity index (χ1v) is 10.9. The van der Waals surface area contributed by atoms with E-state index >= 15 is 0 Å². The van der Waals surface area contributed by atoms with Crippen LogP contribution >= 0.6 is 11.3 Å². The van der Waals surface area contributed by atoms with Gasteiger partial charge in [0.2, 0.25) is 0 Å². The Morgan fingerprint density at radius 3 is 2.18 bits per heavy atom. The fraction of sp³-hybridized carbons (Fsp3) is 0.269. The van der Waals surface area contributed by atoms with Gasteiger partial charge in [-0.3, -0.25) is 4.79 Å². The molecule has 0 saturated carbocycles. The third-order valence-corrected chi connectivity index (χ3v) is 7.29. The van der Waals surface area contributed by atoms with Gasteiger partial charge in [0.05, 0.1) is 0 Å². The Morgan fingerprint density at radius 1 is 0.786 bits per heavy atom. The van der Waals surface area contributed by atoms with Gasteiger partial charge < -0.3 is 0 Å². The zero-order valence-corrected chi connectivity index (χ0v) is 17.9. The van der Waals surface area contributed by atoms with Gasteiger partial charge in [0.15, 0.2) is 5.43 Å². The van der Waals surface area contributed by atoms with Crippen molar-refractivity contribution in [2.45, 2.75) is 47.0 Å². The number of rotatable bonds is 4. The van der Waals surface area contributed by atoms with Crippen LogP contribution in [0.25, 0.3) is 20.2 Å². The Balaban J connectivity index is 2.09. The Hall–Kier alpha value is -2.45. The molecule has 0 fully saturated rings. The van der Waals surface area contributed by atoms with Crippen LogP contribution in [0.2, 0.25) is 0 Å². The molecular formula is C26H26OS. The second-order valence-electron chi connectivity index (χ2n) is 7.51. The minimum absolute atomic E-state index is 0.195. The van der Waals surface area contributed by atoms with Crippen molar-refractivity contribution in [2.24, 2.45) is 0 Å². The van der Waals surface area contributed by atoms with Gasteiger partial charge in [-0.2, -0.15) is 0 Å². The zero-order chi connectivity index (χ0) is 19.8. The van der Waals surface area contributed by atoms with Crippen LogP contribution in [0, 0.1) is 13.8 Å². The number of hydrogen-bond donors (Lipinski definition) is 0. The molecule has 0 spiro atoms. The van der Waals surface area contributed by atoms with Crippen molar-refractivity contribution < 1.29 is 0 Å². The van der Waals surface area contributed by atoms with Crippen molar-refractivity contribution in [2.75, 3.05) is 0 Å². The molecule has 0 bridgehead atoms. The van der Waals surface area contributed by atoms with E-state index in [1.54, 1.807) is 0 Å². The summed E-state index contributed by atoms with van der Waals surface area (Å²) < 4.78 is 2.33. The van der Waals surface area contributed by atoms with E-state index in [1.807, 2.05) is 29.5 Å². The lowest BCUT2D eigenvalue weighted by atomic mass is 9.91. The molecule has 4 aromatic rings. The fourth-order valence-electron chi connectivity index (χ4n) is 4.52. The molecule has 1 aromatic heterocycles. The Kier molecular flexibility index (Phi) is 5.07. The quantitative estimate of drug-likeness (QED) is 0.355. The summed E-state index contributed by atoms with van der Waals surface area (Å²) in [6, 6.07) is 16.7. The lowest BCUT2D eigenvalue weighted by molar-refractivity contribution is 1.05. The van der Waals surface area contributed by atoms with Gasteiger partial charge in [0.25, 0.3) is 0 Å². The Morgan fingerprint density at radius 2 is 1.50 bits per heavy atom. The largest absolute Gasteiger partial charge is 0.288 e. The minimum atomic E-state index is 0.195. The predicted octanol–water partition coefficient (Wildman–Crippen LogP) is 6.75. The van der Waals surface area contributed by atoms with E-state index < -0.39 is 0 Å². The highest BCUT2D eigenvalue weighted by molar-refractivity contribution is 7.25. The molecule has 1 nitrogen and oxygen atoms in total. The average molecular weight is 387 g/mol. The first kappa shape index (κ1) is 18.9. The maximum atomic E-state index is 13.6. The van der Waals surface area contributed by atoms with E-state index in [0.29, 0.717) is 0 Å². The van der Waals surface area contributed by atoms with Gasteiger partial charge in [0, 0.05) is 20.2 Å². The topological polar surface area (TPSA) is 17.1 Å². The molecule has 0 radical (unpaired) electrons. The fourth-order valence-corrected chi connectivity index (χ4v) is 6.04. The highest BCUT2D eigenvalue weighted by Crippen LogP contribution is 2.36. The lowest BCUT2D eigenvalue weighted by Crippen LogP contribution is -2.09. The summed E-state index contributed by atoms with van der Waals surface area (Å²) in [5.41, 5.74) is 7.93. The molecule has 142 valence electrons. The molecule has 0 aliphatic carbocycles. The lowest BCUT2D eigenvalue weighted by Gasteiger charge is -2.17. The molecule has 0 amide bonds. The highest BCUT2D eigenvalue weighted by atomic mass is 32.1. The maximum absolute atomic E-state index is 13.6. The zero-order valence-electron chi connectivity index (χ0n) is 17.1. The van der Waals surface area contributed by atoms with Crippen molar-refractivity contribution >= 4 is 31.5 Å². The number of benzene rings is 3. The van der Waals surface area contributed by atoms with Crippen molar-refractivity contribution in [3.8, 4) is 0 Å². The summed E-state index contributed by atoms with van der Waals surface area (Å²) in [4.78, 5) is 13.6. The number of hydrogen-bond acceptors (Lipinski definition) is 2. The smallest absolute Gasteiger partial charge is 0.196 e. The first-order valence-electron chi connectivity index (χ1n) is 10.1. The van der Waals surface area contributed by atoms with Crippen molar-refractivity contribution in [3.63, 3.8) is 0 Å². The van der Waals surface area contributed by atoms with Crippen LogP contribution in [0.15, 0.2) is 53.3 Å². The Bertz CT molecular complexity index is 1230. The summed E-state index contributed by atoms with van der Waals surface area (Å²) in [5.74, 6) is 0. The van der Waals surface area contributed by atoms with E-state index in [9.17, 15) is 4.79 Å². The van der Waals surface area contributed by atoms with Gasteiger partial charge in [0.1, 0.15) is 0 Å². The summed E-state index contributed by atoms with van der Waals surface area (Å²) in [7, 11) is 0. The molecule has 2 heteroatoms. The van der Waals surface area contributed by atoms with Gasteiger partial charge in [-0.1, -0.05) is 56.3 Å². The van der Waals surface area contributed by atoms with Crippen molar-refractivity contribution in [1.29, 1.82) is 0 Å². The predicted molar refractivity (Wildman–Crippen MR) is 123 cm³/mol. The average Bonchev–Trinajstić information content (AvgIpc) is 2.70. The highest BCUT2D eigenvalue weighted by Gasteiger charge is 2.18. The second-order valence-corrected chi connectivity index (χ2v) is 8.53. The van der Waals surface area contributed by atoms with Crippen LogP contribution in [0.3, 0.4) is 0 Å². The van der Waals surface area contributed by atoms with E-state index in [4.69, 9.17) is 0 Å². The molecule has 0 aliphatic rings. The third kappa shape index (κ3) is 2.97. The summed E-state index contributed by atoms with van der Waals surface area (Å²) in [5, 5.41) is 1.80. The van der Waals surface area contributed by atoms with Crippen LogP contribution in [-0.4, -0.2) is 0 Å². The van der Waals surface area contributed by atoms with Gasteiger partial charge >= 0.3 is 0 Å². The number of fused-ring (bicyclic) bond motifs is 2. The second kappa shape index (κ2) is 7.52. The molecule has 3 aromatic carbocycles. The SMILES string of the molecule is CCc1c(C)c(CC)c2sc3c(Cc4ccccc4)cccc3c(=O)c2c1C. The monoisotopic (exact) mass is 386 g/mol. The van der Waals surface area contributed by atoms with Gasteiger partial charge in [-0.15, -0.1) is 11.3 Å². The summed E-state index contributed by atoms with van der Waals surface area (Å²) in [6.07, 6.45) is 2.78. The van der Waals surface area contributed by atoms with Crippen LogP contribution in [0.4, 0.5) is 0 Å². The molecule has 0 unspecified atom stereocenters. The molecule has 0 aliphatic heterocycles. The third-order valence-electron chi connectivity index (χ3n) is 5.95. The van der Waals surface area contributed by atoms with E-state index in [-0.39, 0.29) is 5.43 Å². The Labute approximate surface area is 170 Å². The van der Waals surface area contributed by atoms with Gasteiger partial charge in [-0.05, 0) is 72.6 Å².